The molecule has 1 N–H and O–H groups in total. The fourth-order valence-electron chi connectivity index (χ4n) is 4.35. The number of nitrogens with zero attached hydrogens (tertiary/aromatic N) is 2. The number of hydrogen-bond donors (Lipinski definition) is 1. The van der Waals surface area contributed by atoms with Gasteiger partial charge in [0, 0.05) is 31.2 Å². The number of fused-ring (bicyclic) bond motifs is 1. The number of aryl methyl sites for hydroxylation is 1. The summed E-state index contributed by atoms with van der Waals surface area (Å²) >= 11 is 0. The second kappa shape index (κ2) is 9.30. The van der Waals surface area contributed by atoms with E-state index in [4.69, 9.17) is 4.42 Å². The molecule has 6 heteroatoms. The molecule has 1 heterocycles. The molecule has 0 aliphatic heterocycles. The van der Waals surface area contributed by atoms with E-state index < -0.39 is 5.76 Å². The van der Waals surface area contributed by atoms with Gasteiger partial charge in [0.25, 0.3) is 0 Å². The lowest BCUT2D eigenvalue weighted by Crippen LogP contribution is -2.33. The molecule has 1 amide bonds. The highest BCUT2D eigenvalue weighted by Gasteiger charge is 2.19. The minimum Gasteiger partial charge on any atom is -0.408 e. The molecule has 1 saturated carbocycles. The monoisotopic (exact) mass is 407 g/mol. The van der Waals surface area contributed by atoms with Gasteiger partial charge < -0.3 is 9.73 Å². The molecule has 0 radical (unpaired) electrons. The molecule has 1 aromatic heterocycles. The molecule has 6 nitrogen and oxygen atoms in total. The topological polar surface area (TPSA) is 67.5 Å². The maximum atomic E-state index is 12.6. The normalized spacial score (nSPS) is 15.0. The number of rotatable bonds is 7. The predicted octanol–water partition coefficient (Wildman–Crippen LogP) is 4.39. The molecule has 1 aliphatic carbocycles. The maximum Gasteiger partial charge on any atom is 0.419 e. The van der Waals surface area contributed by atoms with E-state index in [0.29, 0.717) is 17.1 Å². The molecule has 0 saturated heterocycles. The molecule has 0 spiro atoms. The number of hydrogen-bond acceptors (Lipinski definition) is 4. The van der Waals surface area contributed by atoms with Crippen LogP contribution in [0.15, 0.2) is 57.7 Å². The lowest BCUT2D eigenvalue weighted by molar-refractivity contribution is -0.116. The summed E-state index contributed by atoms with van der Waals surface area (Å²) in [6, 6.07) is 15.8. The second-order valence-electron chi connectivity index (χ2n) is 8.15. The molecule has 0 atom stereocenters. The van der Waals surface area contributed by atoms with Gasteiger partial charge in [-0.1, -0.05) is 49.6 Å². The van der Waals surface area contributed by atoms with Crippen LogP contribution in [0.3, 0.4) is 0 Å². The van der Waals surface area contributed by atoms with E-state index in [-0.39, 0.29) is 18.9 Å². The maximum absolute atomic E-state index is 12.6. The first-order valence-corrected chi connectivity index (χ1v) is 10.8. The third-order valence-electron chi connectivity index (χ3n) is 6.05. The Morgan fingerprint density at radius 3 is 2.67 bits per heavy atom. The Hall–Kier alpha value is -2.86. The van der Waals surface area contributed by atoms with Crippen LogP contribution in [0.5, 0.6) is 0 Å². The van der Waals surface area contributed by atoms with Crippen LogP contribution in [0.25, 0.3) is 11.1 Å². The van der Waals surface area contributed by atoms with E-state index in [0.717, 1.165) is 17.8 Å². The van der Waals surface area contributed by atoms with Crippen molar-refractivity contribution in [3.8, 4) is 0 Å². The first-order valence-electron chi connectivity index (χ1n) is 10.8. The van der Waals surface area contributed by atoms with Crippen molar-refractivity contribution >= 4 is 22.7 Å². The van der Waals surface area contributed by atoms with E-state index in [9.17, 15) is 9.59 Å². The highest BCUT2D eigenvalue weighted by Crippen LogP contribution is 2.25. The number of benzene rings is 2. The highest BCUT2D eigenvalue weighted by molar-refractivity contribution is 5.91. The van der Waals surface area contributed by atoms with E-state index in [2.05, 4.69) is 23.3 Å². The minimum atomic E-state index is -0.432. The highest BCUT2D eigenvalue weighted by atomic mass is 16.4. The van der Waals surface area contributed by atoms with Crippen molar-refractivity contribution in [1.29, 1.82) is 0 Å². The van der Waals surface area contributed by atoms with Gasteiger partial charge in [0.05, 0.1) is 5.52 Å². The van der Waals surface area contributed by atoms with Crippen LogP contribution in [0, 0.1) is 0 Å². The van der Waals surface area contributed by atoms with E-state index >= 15 is 0 Å². The Labute approximate surface area is 176 Å². The van der Waals surface area contributed by atoms with Crippen LogP contribution in [-0.4, -0.2) is 28.5 Å². The second-order valence-corrected chi connectivity index (χ2v) is 8.15. The van der Waals surface area contributed by atoms with E-state index in [1.807, 2.05) is 36.4 Å². The summed E-state index contributed by atoms with van der Waals surface area (Å²) in [7, 11) is 2.17. The third kappa shape index (κ3) is 4.65. The van der Waals surface area contributed by atoms with Gasteiger partial charge in [0.2, 0.25) is 5.91 Å². The van der Waals surface area contributed by atoms with Crippen molar-refractivity contribution in [2.75, 3.05) is 12.4 Å². The van der Waals surface area contributed by atoms with Crippen molar-refractivity contribution in [2.45, 2.75) is 57.7 Å². The van der Waals surface area contributed by atoms with Gasteiger partial charge in [-0.3, -0.25) is 14.3 Å². The van der Waals surface area contributed by atoms with E-state index in [1.54, 1.807) is 6.07 Å². The SMILES string of the molecule is CN(Cc1ccccc1NC(=O)CCn1c(=O)oc2ccccc21)C1CCCCC1. The van der Waals surface area contributed by atoms with Gasteiger partial charge in [-0.05, 0) is 43.7 Å². The number of para-hydroxylation sites is 3. The summed E-state index contributed by atoms with van der Waals surface area (Å²) in [5, 5.41) is 3.04. The number of anilines is 1. The summed E-state index contributed by atoms with van der Waals surface area (Å²) < 4.78 is 6.75. The zero-order chi connectivity index (χ0) is 20.9. The van der Waals surface area contributed by atoms with Crippen LogP contribution >= 0.6 is 0 Å². The Bertz CT molecular complexity index is 1060. The lowest BCUT2D eigenvalue weighted by atomic mass is 9.94. The standard InChI is InChI=1S/C24H29N3O3/c1-26(19-10-3-2-4-11-19)17-18-9-5-6-12-20(18)25-23(28)15-16-27-21-13-7-8-14-22(21)30-24(27)29/h5-9,12-14,19H,2-4,10-11,15-17H2,1H3,(H,25,28). The fraction of sp³-hybridized carbons (Fsp3) is 0.417. The lowest BCUT2D eigenvalue weighted by Gasteiger charge is -2.31. The molecular formula is C24H29N3O3. The molecule has 2 aromatic carbocycles. The number of carbonyl (C=O) groups excluding carboxylic acids is 1. The summed E-state index contributed by atoms with van der Waals surface area (Å²) in [6.45, 7) is 1.10. The van der Waals surface area contributed by atoms with Crippen molar-refractivity contribution < 1.29 is 9.21 Å². The smallest absolute Gasteiger partial charge is 0.408 e. The average molecular weight is 408 g/mol. The Balaban J connectivity index is 1.39. The molecule has 3 aromatic rings. The first-order chi connectivity index (χ1) is 14.6. The van der Waals surface area contributed by atoms with Crippen LogP contribution < -0.4 is 11.1 Å². The molecule has 0 bridgehead atoms. The summed E-state index contributed by atoms with van der Waals surface area (Å²) in [4.78, 5) is 27.1. The van der Waals surface area contributed by atoms with Crippen molar-refractivity contribution in [1.82, 2.24) is 9.47 Å². The number of oxazole rings is 1. The third-order valence-corrected chi connectivity index (χ3v) is 6.05. The first kappa shape index (κ1) is 20.4. The largest absolute Gasteiger partial charge is 0.419 e. The van der Waals surface area contributed by atoms with Crippen LogP contribution in [0.1, 0.15) is 44.1 Å². The number of aromatic nitrogens is 1. The predicted molar refractivity (Wildman–Crippen MR) is 119 cm³/mol. The molecule has 1 fully saturated rings. The zero-order valence-electron chi connectivity index (χ0n) is 17.5. The molecule has 1 aliphatic rings. The summed E-state index contributed by atoms with van der Waals surface area (Å²) in [5.74, 6) is -0.543. The fourth-order valence-corrected chi connectivity index (χ4v) is 4.35. The summed E-state index contributed by atoms with van der Waals surface area (Å²) in [5.41, 5.74) is 3.21. The molecule has 4 rings (SSSR count). The van der Waals surface area contributed by atoms with Gasteiger partial charge in [0.1, 0.15) is 0 Å². The van der Waals surface area contributed by atoms with Crippen molar-refractivity contribution in [3.63, 3.8) is 0 Å². The Morgan fingerprint density at radius 2 is 1.83 bits per heavy atom. The zero-order valence-corrected chi connectivity index (χ0v) is 17.5. The molecule has 0 unspecified atom stereocenters. The Kier molecular flexibility index (Phi) is 6.33. The molecule has 158 valence electrons. The van der Waals surface area contributed by atoms with Crippen molar-refractivity contribution in [3.05, 3.63) is 64.6 Å². The van der Waals surface area contributed by atoms with Gasteiger partial charge in [0.15, 0.2) is 5.58 Å². The van der Waals surface area contributed by atoms with Gasteiger partial charge >= 0.3 is 5.76 Å². The average Bonchev–Trinajstić information content (AvgIpc) is 3.09. The van der Waals surface area contributed by atoms with Crippen LogP contribution in [0.4, 0.5) is 5.69 Å². The molecule has 30 heavy (non-hydrogen) atoms. The number of amides is 1. The number of carbonyl (C=O) groups is 1. The van der Waals surface area contributed by atoms with Gasteiger partial charge in [-0.2, -0.15) is 0 Å². The van der Waals surface area contributed by atoms with E-state index in [1.165, 1.54) is 36.7 Å². The van der Waals surface area contributed by atoms with Crippen molar-refractivity contribution in [2.24, 2.45) is 0 Å². The minimum absolute atomic E-state index is 0.111. The van der Waals surface area contributed by atoms with Crippen LogP contribution in [0.2, 0.25) is 0 Å². The summed E-state index contributed by atoms with van der Waals surface area (Å²) in [6.07, 6.45) is 6.64. The Morgan fingerprint density at radius 1 is 1.10 bits per heavy atom. The van der Waals surface area contributed by atoms with Gasteiger partial charge in [-0.15, -0.1) is 0 Å². The quantitative estimate of drug-likeness (QED) is 0.631. The number of nitrogens with one attached hydrogen (secondary N) is 1. The molecular weight excluding hydrogens is 378 g/mol. The van der Waals surface area contributed by atoms with Gasteiger partial charge in [-0.25, -0.2) is 4.79 Å². The van der Waals surface area contributed by atoms with Crippen LogP contribution in [-0.2, 0) is 17.9 Å².